The SMILES string of the molecule is C=CC(=O)O.C=CC(=O)O.C=CC(=O)O.CCC.OC(O)O. The molecule has 0 atom stereocenters. The molecule has 0 aromatic carbocycles. The van der Waals surface area contributed by atoms with Gasteiger partial charge in [-0.25, -0.2) is 14.4 Å². The van der Waals surface area contributed by atoms with Crippen LogP contribution in [0.15, 0.2) is 38.0 Å². The van der Waals surface area contributed by atoms with E-state index in [-0.39, 0.29) is 0 Å². The molecule has 0 aliphatic carbocycles. The lowest BCUT2D eigenvalue weighted by atomic mass is 10.6. The van der Waals surface area contributed by atoms with Gasteiger partial charge in [-0.2, -0.15) is 0 Å². The minimum atomic E-state index is -2.17. The molecule has 0 saturated heterocycles. The van der Waals surface area contributed by atoms with E-state index in [9.17, 15) is 14.4 Å². The van der Waals surface area contributed by atoms with E-state index in [1.54, 1.807) is 0 Å². The molecule has 0 bridgehead atoms. The van der Waals surface area contributed by atoms with Crippen LogP contribution in [0.5, 0.6) is 0 Å². The highest BCUT2D eigenvalue weighted by molar-refractivity contribution is 5.79. The molecule has 0 fully saturated rings. The lowest BCUT2D eigenvalue weighted by Crippen LogP contribution is -1.98. The summed E-state index contributed by atoms with van der Waals surface area (Å²) in [5, 5.41) is 44.3. The summed E-state index contributed by atoms with van der Waals surface area (Å²) < 4.78 is 0. The Hall–Kier alpha value is -2.49. The van der Waals surface area contributed by atoms with Crippen LogP contribution in [0.4, 0.5) is 0 Å². The molecular weight excluding hydrogens is 300 g/mol. The number of hydrogen-bond donors (Lipinski definition) is 6. The molecule has 0 aromatic rings. The van der Waals surface area contributed by atoms with E-state index in [1.807, 2.05) is 0 Å². The van der Waals surface area contributed by atoms with E-state index >= 15 is 0 Å². The lowest BCUT2D eigenvalue weighted by Gasteiger charge is -1.80. The Bertz CT molecular complexity index is 263. The number of carboxylic acid groups (broad SMARTS) is 3. The van der Waals surface area contributed by atoms with Gasteiger partial charge in [-0.15, -0.1) is 0 Å². The van der Waals surface area contributed by atoms with E-state index in [2.05, 4.69) is 33.6 Å². The van der Waals surface area contributed by atoms with Crippen LogP contribution in [0.3, 0.4) is 0 Å². The average molecular weight is 324 g/mol. The highest BCUT2D eigenvalue weighted by atomic mass is 16.6. The second kappa shape index (κ2) is 31.1. The molecule has 0 spiro atoms. The fourth-order valence-corrected chi connectivity index (χ4v) is 0. The van der Waals surface area contributed by atoms with Crippen LogP contribution >= 0.6 is 0 Å². The maximum Gasteiger partial charge on any atom is 0.327 e. The highest BCUT2D eigenvalue weighted by Gasteiger charge is 1.74. The van der Waals surface area contributed by atoms with E-state index in [0.717, 1.165) is 18.2 Å². The third-order valence-corrected chi connectivity index (χ3v) is 0.524. The minimum Gasteiger partial charge on any atom is -0.478 e. The molecule has 0 heterocycles. The quantitative estimate of drug-likeness (QED) is 0.318. The molecule has 0 amide bonds. The number of hydrogen-bond acceptors (Lipinski definition) is 6. The fraction of sp³-hybridized carbons (Fsp3) is 0.308. The Kier molecular flexibility index (Phi) is 44.9. The van der Waals surface area contributed by atoms with Crippen molar-refractivity contribution in [3.63, 3.8) is 0 Å². The molecule has 22 heavy (non-hydrogen) atoms. The molecule has 6 N–H and O–H groups in total. The molecule has 9 heteroatoms. The summed E-state index contributed by atoms with van der Waals surface area (Å²) in [6, 6.07) is 0. The van der Waals surface area contributed by atoms with Crippen LogP contribution in [0, 0.1) is 0 Å². The molecule has 0 rings (SSSR count). The normalized spacial score (nSPS) is 6.82. The fourth-order valence-electron chi connectivity index (χ4n) is 0. The van der Waals surface area contributed by atoms with Crippen LogP contribution in [0.2, 0.25) is 0 Å². The van der Waals surface area contributed by atoms with E-state index in [4.69, 9.17) is 30.6 Å². The van der Waals surface area contributed by atoms with Gasteiger partial charge in [0.2, 0.25) is 0 Å². The molecule has 9 nitrogen and oxygen atoms in total. The Balaban J connectivity index is -0.0000000554. The van der Waals surface area contributed by atoms with Crippen molar-refractivity contribution < 1.29 is 45.0 Å². The minimum absolute atomic E-state index is 0.833. The smallest absolute Gasteiger partial charge is 0.327 e. The van der Waals surface area contributed by atoms with Gasteiger partial charge in [0.25, 0.3) is 6.48 Å². The standard InChI is InChI=1S/3C3H4O2.C3H8.CH4O3/c3*1-2-3(4)5;1-3-2;2-1(3)4/h3*2H,1H2,(H,4,5);3H2,1-2H3;1-4H. The largest absolute Gasteiger partial charge is 0.478 e. The lowest BCUT2D eigenvalue weighted by molar-refractivity contribution is -0.198. The molecule has 0 aliphatic rings. The molecule has 0 saturated carbocycles. The number of aliphatic carboxylic acids is 3. The van der Waals surface area contributed by atoms with Gasteiger partial charge in [-0.3, -0.25) is 0 Å². The van der Waals surface area contributed by atoms with Crippen LogP contribution in [0.25, 0.3) is 0 Å². The molecule has 0 unspecified atom stereocenters. The Labute approximate surface area is 128 Å². The van der Waals surface area contributed by atoms with Gasteiger partial charge in [-0.05, 0) is 0 Å². The summed E-state index contributed by atoms with van der Waals surface area (Å²) in [7, 11) is 0. The first-order valence-corrected chi connectivity index (χ1v) is 5.56. The van der Waals surface area contributed by atoms with E-state index in [1.165, 1.54) is 6.42 Å². The summed E-state index contributed by atoms with van der Waals surface area (Å²) in [6.07, 6.45) is 3.75. The van der Waals surface area contributed by atoms with Gasteiger partial charge in [-0.1, -0.05) is 40.0 Å². The number of aliphatic hydroxyl groups excluding tert-OH is 1. The number of rotatable bonds is 3. The zero-order valence-corrected chi connectivity index (χ0v) is 12.5. The van der Waals surface area contributed by atoms with Gasteiger partial charge < -0.3 is 30.6 Å². The predicted octanol–water partition coefficient (Wildman–Crippen LogP) is 0.434. The van der Waals surface area contributed by atoms with Crippen molar-refractivity contribution in [1.82, 2.24) is 0 Å². The number of carboxylic acids is 3. The molecule has 0 radical (unpaired) electrons. The summed E-state index contributed by atoms with van der Waals surface area (Å²) in [4.78, 5) is 27.8. The second-order valence-electron chi connectivity index (χ2n) is 2.68. The average Bonchev–Trinajstić information content (AvgIpc) is 2.40. The van der Waals surface area contributed by atoms with Crippen molar-refractivity contribution in [2.45, 2.75) is 26.7 Å². The summed E-state index contributed by atoms with van der Waals surface area (Å²) in [5.41, 5.74) is 0. The third-order valence-electron chi connectivity index (χ3n) is 0.524. The maximum absolute atomic E-state index is 9.25. The molecular formula is C13H24O9. The zero-order valence-electron chi connectivity index (χ0n) is 12.5. The second-order valence-corrected chi connectivity index (χ2v) is 2.68. The molecule has 0 aliphatic heterocycles. The van der Waals surface area contributed by atoms with Crippen LogP contribution in [-0.4, -0.2) is 55.0 Å². The van der Waals surface area contributed by atoms with Crippen molar-refractivity contribution in [1.29, 1.82) is 0 Å². The van der Waals surface area contributed by atoms with Gasteiger partial charge in [0.1, 0.15) is 0 Å². The summed E-state index contributed by atoms with van der Waals surface area (Å²) in [6.45, 7) is 11.0. The van der Waals surface area contributed by atoms with Gasteiger partial charge in [0.05, 0.1) is 0 Å². The first kappa shape index (κ1) is 31.7. The van der Waals surface area contributed by atoms with Gasteiger partial charge in [0.15, 0.2) is 0 Å². The van der Waals surface area contributed by atoms with Crippen molar-refractivity contribution in [3.8, 4) is 0 Å². The summed E-state index contributed by atoms with van der Waals surface area (Å²) >= 11 is 0. The first-order valence-electron chi connectivity index (χ1n) is 5.56. The van der Waals surface area contributed by atoms with Crippen molar-refractivity contribution >= 4 is 17.9 Å². The van der Waals surface area contributed by atoms with Crippen LogP contribution in [0.1, 0.15) is 20.3 Å². The van der Waals surface area contributed by atoms with E-state index < -0.39 is 24.4 Å². The number of carbonyl (C=O) groups is 3. The first-order chi connectivity index (χ1) is 9.96. The Morgan fingerprint density at radius 2 is 0.818 bits per heavy atom. The molecule has 0 aromatic heterocycles. The third kappa shape index (κ3) is 387. The molecule has 130 valence electrons. The Morgan fingerprint density at radius 3 is 0.818 bits per heavy atom. The highest BCUT2D eigenvalue weighted by Crippen LogP contribution is 1.56. The predicted molar refractivity (Wildman–Crippen MR) is 79.9 cm³/mol. The van der Waals surface area contributed by atoms with Gasteiger partial charge in [0, 0.05) is 18.2 Å². The van der Waals surface area contributed by atoms with Gasteiger partial charge >= 0.3 is 17.9 Å². The van der Waals surface area contributed by atoms with Crippen molar-refractivity contribution in [2.24, 2.45) is 0 Å². The monoisotopic (exact) mass is 324 g/mol. The Morgan fingerprint density at radius 1 is 0.773 bits per heavy atom. The zero-order chi connectivity index (χ0) is 19.1. The van der Waals surface area contributed by atoms with Crippen LogP contribution < -0.4 is 0 Å². The maximum atomic E-state index is 9.25. The topological polar surface area (TPSA) is 173 Å². The van der Waals surface area contributed by atoms with Crippen molar-refractivity contribution in [2.75, 3.05) is 0 Å². The van der Waals surface area contributed by atoms with Crippen molar-refractivity contribution in [3.05, 3.63) is 38.0 Å². The summed E-state index contributed by atoms with van der Waals surface area (Å²) in [5.74, 6) is -2.94. The number of aliphatic hydroxyl groups is 3. The van der Waals surface area contributed by atoms with E-state index in [0.29, 0.717) is 0 Å². The van der Waals surface area contributed by atoms with Crippen LogP contribution in [-0.2, 0) is 14.4 Å².